The number of nitrogens with one attached hydrogen (secondary N) is 1. The molecule has 0 fully saturated rings. The fourth-order valence-electron chi connectivity index (χ4n) is 2.10. The molecule has 5 nitrogen and oxygen atoms in total. The number of aromatic nitrogens is 1. The summed E-state index contributed by atoms with van der Waals surface area (Å²) in [5, 5.41) is 10.2. The van der Waals surface area contributed by atoms with E-state index in [1.807, 2.05) is 6.92 Å². The maximum Gasteiger partial charge on any atom is 0.442 e. The van der Waals surface area contributed by atoms with Gasteiger partial charge in [0.25, 0.3) is 11.6 Å². The number of hydrogen-bond acceptors (Lipinski definition) is 4. The minimum Gasteiger partial charge on any atom is -0.359 e. The first-order valence-electron chi connectivity index (χ1n) is 6.81. The number of allylic oxidation sites excluding steroid dienone is 1. The Morgan fingerprint density at radius 3 is 2.59 bits per heavy atom. The molecule has 1 aliphatic rings. The van der Waals surface area contributed by atoms with E-state index in [0.717, 1.165) is 6.42 Å². The Kier molecular flexibility index (Phi) is 4.41. The van der Waals surface area contributed by atoms with Crippen LogP contribution < -0.4 is 5.43 Å². The van der Waals surface area contributed by atoms with E-state index in [1.54, 1.807) is 0 Å². The normalized spacial score (nSPS) is 21.5. The van der Waals surface area contributed by atoms with Crippen molar-refractivity contribution < 1.29 is 23.1 Å². The van der Waals surface area contributed by atoms with E-state index >= 15 is 0 Å². The molecule has 0 saturated heterocycles. The van der Waals surface area contributed by atoms with Gasteiger partial charge in [0.15, 0.2) is 0 Å². The molecule has 2 rings (SSSR count). The number of carbonyl (C=O) groups excluding carboxylic acids is 1. The van der Waals surface area contributed by atoms with E-state index in [9.17, 15) is 23.1 Å². The Morgan fingerprint density at radius 2 is 2.05 bits per heavy atom. The summed E-state index contributed by atoms with van der Waals surface area (Å²) in [6.45, 7) is 1.89. The van der Waals surface area contributed by atoms with Gasteiger partial charge in [0, 0.05) is 23.7 Å². The molecule has 0 aliphatic carbocycles. The summed E-state index contributed by atoms with van der Waals surface area (Å²) in [6, 6.07) is 2.57. The predicted molar refractivity (Wildman–Crippen MR) is 72.2 cm³/mol. The van der Waals surface area contributed by atoms with Crippen LogP contribution >= 0.6 is 0 Å². The first kappa shape index (κ1) is 16.3. The van der Waals surface area contributed by atoms with Gasteiger partial charge in [-0.25, -0.2) is 5.01 Å². The monoisotopic (exact) mass is 315 g/mol. The molecular weight excluding hydrogens is 299 g/mol. The van der Waals surface area contributed by atoms with Gasteiger partial charge in [-0.1, -0.05) is 13.3 Å². The second kappa shape index (κ2) is 5.96. The molecular formula is C14H16F3N3O2. The smallest absolute Gasteiger partial charge is 0.359 e. The number of carbonyl (C=O) groups is 1. The van der Waals surface area contributed by atoms with Gasteiger partial charge in [-0.15, -0.1) is 0 Å². The number of amides is 1. The fraction of sp³-hybridized carbons (Fsp3) is 0.429. The van der Waals surface area contributed by atoms with E-state index in [2.05, 4.69) is 10.4 Å². The molecule has 1 amide bonds. The van der Waals surface area contributed by atoms with Crippen LogP contribution in [-0.2, 0) is 0 Å². The Hall–Kier alpha value is -2.09. The predicted octanol–water partition coefficient (Wildman–Crippen LogP) is 2.37. The van der Waals surface area contributed by atoms with Crippen molar-refractivity contribution in [1.29, 1.82) is 0 Å². The molecule has 1 aromatic rings. The molecule has 0 spiro atoms. The van der Waals surface area contributed by atoms with Crippen molar-refractivity contribution in [3.8, 4) is 0 Å². The number of hydrazine groups is 1. The molecule has 0 bridgehead atoms. The molecule has 0 unspecified atom stereocenters. The Labute approximate surface area is 125 Å². The van der Waals surface area contributed by atoms with Crippen LogP contribution in [0.5, 0.6) is 0 Å². The number of unbranched alkanes of at least 4 members (excludes halogenated alkanes) is 1. The molecule has 120 valence electrons. The highest BCUT2D eigenvalue weighted by molar-refractivity contribution is 5.94. The third-order valence-corrected chi connectivity index (χ3v) is 3.32. The standard InChI is InChI=1S/C14H16F3N3O2/c1-2-3-4-11-9-13(22,14(15,16)17)20(19-11)12(21)10-5-7-18-8-6-10/h5-9,19,22H,2-4H2,1H3/t13-/m1/s1. The van der Waals surface area contributed by atoms with Gasteiger partial charge in [0.05, 0.1) is 0 Å². The van der Waals surface area contributed by atoms with Crippen molar-refractivity contribution in [2.45, 2.75) is 38.1 Å². The minimum absolute atomic E-state index is 0.00434. The SMILES string of the molecule is CCCCC1=C[C@@](O)(C(F)(F)F)N(C(=O)c2ccncc2)N1. The summed E-state index contributed by atoms with van der Waals surface area (Å²) in [5.74, 6) is -0.982. The maximum atomic E-state index is 13.2. The van der Waals surface area contributed by atoms with Gasteiger partial charge >= 0.3 is 6.18 Å². The number of nitrogens with zero attached hydrogens (tertiary/aromatic N) is 2. The summed E-state index contributed by atoms with van der Waals surface area (Å²) < 4.78 is 39.7. The average molecular weight is 315 g/mol. The summed E-state index contributed by atoms with van der Waals surface area (Å²) >= 11 is 0. The molecule has 0 radical (unpaired) electrons. The minimum atomic E-state index is -5.02. The number of aliphatic hydroxyl groups is 1. The van der Waals surface area contributed by atoms with Crippen molar-refractivity contribution in [2.24, 2.45) is 0 Å². The van der Waals surface area contributed by atoms with Crippen LogP contribution in [0.25, 0.3) is 0 Å². The number of halogens is 3. The highest BCUT2D eigenvalue weighted by atomic mass is 19.4. The van der Waals surface area contributed by atoms with Crippen molar-refractivity contribution >= 4 is 5.91 Å². The van der Waals surface area contributed by atoms with Crippen LogP contribution in [0, 0.1) is 0 Å². The summed E-state index contributed by atoms with van der Waals surface area (Å²) in [4.78, 5) is 16.0. The van der Waals surface area contributed by atoms with Crippen LogP contribution in [0.1, 0.15) is 36.5 Å². The van der Waals surface area contributed by atoms with Crippen LogP contribution in [-0.4, -0.2) is 32.9 Å². The molecule has 1 atom stereocenters. The molecule has 2 N–H and O–H groups in total. The lowest BCUT2D eigenvalue weighted by atomic mass is 10.1. The van der Waals surface area contributed by atoms with Crippen molar-refractivity contribution in [3.05, 3.63) is 41.9 Å². The topological polar surface area (TPSA) is 65.5 Å². The second-order valence-electron chi connectivity index (χ2n) is 4.99. The largest absolute Gasteiger partial charge is 0.442 e. The molecule has 22 heavy (non-hydrogen) atoms. The third kappa shape index (κ3) is 2.92. The lowest BCUT2D eigenvalue weighted by Gasteiger charge is -2.33. The number of pyridine rings is 1. The molecule has 8 heteroatoms. The van der Waals surface area contributed by atoms with E-state index in [0.29, 0.717) is 18.9 Å². The van der Waals surface area contributed by atoms with Crippen LogP contribution in [0.3, 0.4) is 0 Å². The summed E-state index contributed by atoms with van der Waals surface area (Å²) in [6.07, 6.45) is -0.0397. The van der Waals surface area contributed by atoms with Gasteiger partial charge in [0.1, 0.15) is 0 Å². The van der Waals surface area contributed by atoms with E-state index < -0.39 is 17.8 Å². The van der Waals surface area contributed by atoms with Crippen LogP contribution in [0.15, 0.2) is 36.3 Å². The highest BCUT2D eigenvalue weighted by Gasteiger charge is 2.61. The molecule has 1 aromatic heterocycles. The molecule has 1 aliphatic heterocycles. The lowest BCUT2D eigenvalue weighted by Crippen LogP contribution is -2.60. The van der Waals surface area contributed by atoms with Gasteiger partial charge in [-0.3, -0.25) is 15.2 Å². The maximum absolute atomic E-state index is 13.2. The Balaban J connectivity index is 2.32. The van der Waals surface area contributed by atoms with Crippen molar-refractivity contribution in [1.82, 2.24) is 15.4 Å². The number of alkyl halides is 3. The number of hydrogen-bond donors (Lipinski definition) is 2. The van der Waals surface area contributed by atoms with Crippen LogP contribution in [0.2, 0.25) is 0 Å². The zero-order valence-electron chi connectivity index (χ0n) is 11.9. The van der Waals surface area contributed by atoms with Crippen molar-refractivity contribution in [2.75, 3.05) is 0 Å². The van der Waals surface area contributed by atoms with E-state index in [-0.39, 0.29) is 16.3 Å². The number of rotatable bonds is 4. The Morgan fingerprint density at radius 1 is 1.41 bits per heavy atom. The van der Waals surface area contributed by atoms with Crippen LogP contribution in [0.4, 0.5) is 13.2 Å². The molecule has 2 heterocycles. The second-order valence-corrected chi connectivity index (χ2v) is 4.99. The average Bonchev–Trinajstić information content (AvgIpc) is 2.83. The van der Waals surface area contributed by atoms with Gasteiger partial charge in [-0.05, 0) is 31.1 Å². The molecule has 0 aromatic carbocycles. The van der Waals surface area contributed by atoms with E-state index in [1.165, 1.54) is 24.5 Å². The van der Waals surface area contributed by atoms with E-state index in [4.69, 9.17) is 0 Å². The summed E-state index contributed by atoms with van der Waals surface area (Å²) in [5.41, 5.74) is -0.823. The molecule has 0 saturated carbocycles. The van der Waals surface area contributed by atoms with Gasteiger partial charge in [-0.2, -0.15) is 13.2 Å². The van der Waals surface area contributed by atoms with Gasteiger partial charge < -0.3 is 5.11 Å². The quantitative estimate of drug-likeness (QED) is 0.895. The zero-order chi connectivity index (χ0) is 16.4. The lowest BCUT2D eigenvalue weighted by molar-refractivity contribution is -0.283. The van der Waals surface area contributed by atoms with Crippen molar-refractivity contribution in [3.63, 3.8) is 0 Å². The highest BCUT2D eigenvalue weighted by Crippen LogP contribution is 2.39. The zero-order valence-corrected chi connectivity index (χ0v) is 11.9. The Bertz CT molecular complexity index is 574. The first-order chi connectivity index (χ1) is 10.3. The van der Waals surface area contributed by atoms with Gasteiger partial charge in [0.2, 0.25) is 0 Å². The fourth-order valence-corrected chi connectivity index (χ4v) is 2.10. The first-order valence-corrected chi connectivity index (χ1v) is 6.81. The summed E-state index contributed by atoms with van der Waals surface area (Å²) in [7, 11) is 0. The third-order valence-electron chi connectivity index (χ3n) is 3.32.